The molecule has 0 heterocycles. The van der Waals surface area contributed by atoms with Gasteiger partial charge in [0, 0.05) is 16.7 Å². The van der Waals surface area contributed by atoms with Crippen LogP contribution in [0.15, 0.2) is 85.0 Å². The van der Waals surface area contributed by atoms with E-state index in [1.54, 1.807) is 67.6 Å². The third-order valence-corrected chi connectivity index (χ3v) is 8.82. The SMILES string of the molecule is C=C(C)C(=O)OCc1cc(-c2ccc(CCCCCCC)cc2F)ccc1-c1ccc(OCC(COC(=O)CC#N)(COC(=O)CC#N)COC(=O)C(=C)C)cc1. The molecule has 3 aromatic carbocycles. The van der Waals surface area contributed by atoms with Crippen LogP contribution in [0.25, 0.3) is 22.3 Å². The second kappa shape index (κ2) is 23.0. The number of aryl methyl sites for hydroxylation is 1. The number of ether oxygens (including phenoxy) is 5. The van der Waals surface area contributed by atoms with Crippen molar-refractivity contribution in [3.8, 4) is 40.1 Å². The zero-order chi connectivity index (χ0) is 41.8. The van der Waals surface area contributed by atoms with Crippen molar-refractivity contribution in [2.24, 2.45) is 5.41 Å². The van der Waals surface area contributed by atoms with Crippen LogP contribution in [-0.2, 0) is 51.2 Å². The first-order valence-electron chi connectivity index (χ1n) is 18.7. The highest BCUT2D eigenvalue weighted by atomic mass is 19.1. The average Bonchev–Trinajstić information content (AvgIpc) is 3.19. The van der Waals surface area contributed by atoms with E-state index >= 15 is 4.39 Å². The molecule has 0 aliphatic heterocycles. The maximum atomic E-state index is 15.5. The van der Waals surface area contributed by atoms with Crippen molar-refractivity contribution in [1.29, 1.82) is 10.5 Å². The molecule has 3 rings (SSSR count). The van der Waals surface area contributed by atoms with Crippen molar-refractivity contribution < 1.29 is 47.3 Å². The monoisotopic (exact) mass is 780 g/mol. The lowest BCUT2D eigenvalue weighted by atomic mass is 9.92. The maximum Gasteiger partial charge on any atom is 0.333 e. The number of carbonyl (C=O) groups excluding carboxylic acids is 4. The van der Waals surface area contributed by atoms with E-state index in [1.807, 2.05) is 12.1 Å². The van der Waals surface area contributed by atoms with Crippen LogP contribution in [-0.4, -0.2) is 50.3 Å². The normalized spacial score (nSPS) is 10.7. The fourth-order valence-electron chi connectivity index (χ4n) is 5.57. The molecule has 12 heteroatoms. The number of benzene rings is 3. The number of halogens is 1. The largest absolute Gasteiger partial charge is 0.493 e. The Hall–Kier alpha value is -6.27. The van der Waals surface area contributed by atoms with Gasteiger partial charge in [-0.2, -0.15) is 10.5 Å². The Bertz CT molecular complexity index is 1960. The Labute approximate surface area is 333 Å². The third kappa shape index (κ3) is 14.7. The lowest BCUT2D eigenvalue weighted by molar-refractivity contribution is -0.162. The molecule has 0 aliphatic rings. The number of hydrogen-bond acceptors (Lipinski definition) is 11. The van der Waals surface area contributed by atoms with Crippen LogP contribution in [0.2, 0.25) is 0 Å². The number of nitrogens with zero attached hydrogens (tertiary/aromatic N) is 2. The molecule has 0 saturated heterocycles. The molecule has 0 radical (unpaired) electrons. The summed E-state index contributed by atoms with van der Waals surface area (Å²) in [6.07, 6.45) is 5.33. The van der Waals surface area contributed by atoms with Gasteiger partial charge in [-0.15, -0.1) is 0 Å². The Morgan fingerprint density at radius 1 is 0.684 bits per heavy atom. The second-order valence-electron chi connectivity index (χ2n) is 13.9. The molecule has 0 aromatic heterocycles. The van der Waals surface area contributed by atoms with E-state index in [0.29, 0.717) is 33.6 Å². The van der Waals surface area contributed by atoms with Gasteiger partial charge in [-0.05, 0) is 78.8 Å². The van der Waals surface area contributed by atoms with Crippen molar-refractivity contribution in [3.63, 3.8) is 0 Å². The molecule has 0 fully saturated rings. The van der Waals surface area contributed by atoms with Gasteiger partial charge in [0.15, 0.2) is 0 Å². The van der Waals surface area contributed by atoms with Crippen LogP contribution >= 0.6 is 0 Å². The fraction of sp³-hybridized carbons (Fsp3) is 0.378. The van der Waals surface area contributed by atoms with Crippen LogP contribution in [0.5, 0.6) is 5.75 Å². The topological polar surface area (TPSA) is 162 Å². The highest BCUT2D eigenvalue weighted by Crippen LogP contribution is 2.33. The molecule has 0 spiro atoms. The van der Waals surface area contributed by atoms with Gasteiger partial charge in [-0.3, -0.25) is 9.59 Å². The Morgan fingerprint density at radius 3 is 1.82 bits per heavy atom. The Morgan fingerprint density at radius 2 is 1.25 bits per heavy atom. The zero-order valence-corrected chi connectivity index (χ0v) is 32.8. The zero-order valence-electron chi connectivity index (χ0n) is 32.8. The number of unbranched alkanes of at least 4 members (excludes halogenated alkanes) is 4. The van der Waals surface area contributed by atoms with Gasteiger partial charge in [0.1, 0.15) is 62.9 Å². The van der Waals surface area contributed by atoms with Crippen LogP contribution in [0.1, 0.15) is 76.8 Å². The van der Waals surface area contributed by atoms with Gasteiger partial charge >= 0.3 is 23.9 Å². The summed E-state index contributed by atoms with van der Waals surface area (Å²) in [6, 6.07) is 20.9. The molecular formula is C45H49FN2O9. The number of rotatable bonds is 23. The van der Waals surface area contributed by atoms with Gasteiger partial charge in [-0.25, -0.2) is 14.0 Å². The standard InChI is InChI=1S/C45H49FN2O9/c1-6-7-8-9-10-11-33-12-18-39(40(46)24-33)35-15-19-38(36(25-35)26-53-43(51)31(2)3)34-13-16-37(17-14-34)54-27-45(28-55-41(49)20-22-47,29-56-42(50)21-23-48)30-57-44(52)32(4)5/h12-19,24-25H,2,4,6-11,20-21,26-30H2,1,3,5H3. The maximum absolute atomic E-state index is 15.5. The van der Waals surface area contributed by atoms with Crippen molar-refractivity contribution in [1.82, 2.24) is 0 Å². The lowest BCUT2D eigenvalue weighted by Crippen LogP contribution is -2.44. The molecule has 0 bridgehead atoms. The predicted octanol–water partition coefficient (Wildman–Crippen LogP) is 8.69. The smallest absolute Gasteiger partial charge is 0.333 e. The predicted molar refractivity (Wildman–Crippen MR) is 210 cm³/mol. The summed E-state index contributed by atoms with van der Waals surface area (Å²) in [6.45, 7) is 10.6. The minimum absolute atomic E-state index is 0.0942. The minimum atomic E-state index is -1.45. The van der Waals surface area contributed by atoms with E-state index in [4.69, 9.17) is 34.2 Å². The molecule has 0 amide bonds. The molecule has 3 aromatic rings. The van der Waals surface area contributed by atoms with E-state index in [9.17, 15) is 19.2 Å². The molecule has 0 N–H and O–H groups in total. The van der Waals surface area contributed by atoms with Crippen molar-refractivity contribution >= 4 is 23.9 Å². The average molecular weight is 781 g/mol. The summed E-state index contributed by atoms with van der Waals surface area (Å²) < 4.78 is 43.0. The highest BCUT2D eigenvalue weighted by molar-refractivity contribution is 5.87. The summed E-state index contributed by atoms with van der Waals surface area (Å²) in [5.74, 6) is -3.04. The quantitative estimate of drug-likeness (QED) is 0.0392. The summed E-state index contributed by atoms with van der Waals surface area (Å²) in [5, 5.41) is 17.8. The van der Waals surface area contributed by atoms with Crippen LogP contribution < -0.4 is 4.74 Å². The minimum Gasteiger partial charge on any atom is -0.493 e. The molecule has 0 atom stereocenters. The fourth-order valence-corrected chi connectivity index (χ4v) is 5.57. The van der Waals surface area contributed by atoms with Gasteiger partial charge in [0.2, 0.25) is 0 Å². The molecule has 300 valence electrons. The van der Waals surface area contributed by atoms with Crippen molar-refractivity contribution in [2.45, 2.75) is 78.7 Å². The van der Waals surface area contributed by atoms with E-state index < -0.39 is 62.0 Å². The second-order valence-corrected chi connectivity index (χ2v) is 13.9. The molecule has 57 heavy (non-hydrogen) atoms. The van der Waals surface area contributed by atoms with E-state index in [0.717, 1.165) is 31.2 Å². The van der Waals surface area contributed by atoms with E-state index in [-0.39, 0.29) is 30.2 Å². The summed E-state index contributed by atoms with van der Waals surface area (Å²) in [5.41, 5.74) is 2.89. The van der Waals surface area contributed by atoms with Gasteiger partial charge in [0.05, 0.1) is 12.1 Å². The summed E-state index contributed by atoms with van der Waals surface area (Å²) >= 11 is 0. The number of esters is 4. The van der Waals surface area contributed by atoms with Gasteiger partial charge < -0.3 is 23.7 Å². The molecule has 0 saturated carbocycles. The van der Waals surface area contributed by atoms with Gasteiger partial charge in [0.25, 0.3) is 0 Å². The molecule has 0 unspecified atom stereocenters. The summed E-state index contributed by atoms with van der Waals surface area (Å²) in [4.78, 5) is 49.0. The molecule has 0 aliphatic carbocycles. The van der Waals surface area contributed by atoms with E-state index in [1.165, 1.54) is 19.8 Å². The highest BCUT2D eigenvalue weighted by Gasteiger charge is 2.37. The summed E-state index contributed by atoms with van der Waals surface area (Å²) in [7, 11) is 0. The van der Waals surface area contributed by atoms with Crippen molar-refractivity contribution in [3.05, 3.63) is 102 Å². The molecular weight excluding hydrogens is 731 g/mol. The Balaban J connectivity index is 1.91. The lowest BCUT2D eigenvalue weighted by Gasteiger charge is -2.32. The molecule has 11 nitrogen and oxygen atoms in total. The first-order valence-corrected chi connectivity index (χ1v) is 18.7. The number of carbonyl (C=O) groups is 4. The number of nitriles is 2. The third-order valence-electron chi connectivity index (χ3n) is 8.82. The Kier molecular flexibility index (Phi) is 18.2. The van der Waals surface area contributed by atoms with E-state index in [2.05, 4.69) is 20.1 Å². The van der Waals surface area contributed by atoms with Crippen molar-refractivity contribution in [2.75, 3.05) is 26.4 Å². The van der Waals surface area contributed by atoms with Crippen LogP contribution in [0.3, 0.4) is 0 Å². The van der Waals surface area contributed by atoms with Crippen LogP contribution in [0, 0.1) is 33.9 Å². The first kappa shape index (κ1) is 45.1. The first-order chi connectivity index (χ1) is 27.3. The van der Waals surface area contributed by atoms with Gasteiger partial charge in [-0.1, -0.05) is 82.2 Å². The van der Waals surface area contributed by atoms with Crippen LogP contribution in [0.4, 0.5) is 4.39 Å². The number of hydrogen-bond donors (Lipinski definition) is 0.